The molecular weight excluding hydrogens is 406 g/mol. The molecule has 0 aliphatic carbocycles. The first-order valence-electron chi connectivity index (χ1n) is 9.17. The highest BCUT2D eigenvalue weighted by atomic mass is 35.5. The summed E-state index contributed by atoms with van der Waals surface area (Å²) in [5, 5.41) is 20.9. The fraction of sp³-hybridized carbons (Fsp3) is 0.130. The first kappa shape index (κ1) is 21.4. The van der Waals surface area contributed by atoms with Crippen molar-refractivity contribution in [2.24, 2.45) is 0 Å². The van der Waals surface area contributed by atoms with Gasteiger partial charge in [-0.15, -0.1) is 0 Å². The maximum Gasteiger partial charge on any atom is 0.335 e. The Kier molecular flexibility index (Phi) is 6.72. The number of likely N-dealkylation sites (N-methyl/N-ethyl adjacent to an activating group) is 1. The molecule has 0 fully saturated rings. The van der Waals surface area contributed by atoms with E-state index in [1.807, 2.05) is 25.2 Å². The Balaban J connectivity index is 0.000000187. The third-order valence-corrected chi connectivity index (χ3v) is 4.81. The zero-order chi connectivity index (χ0) is 21.7. The Morgan fingerprint density at radius 2 is 1.60 bits per heavy atom. The molecule has 4 rings (SSSR count). The van der Waals surface area contributed by atoms with E-state index in [9.17, 15) is 9.59 Å². The predicted octanol–water partition coefficient (Wildman–Crippen LogP) is 4.57. The largest absolute Gasteiger partial charge is 0.478 e. The molecule has 1 unspecified atom stereocenters. The zero-order valence-corrected chi connectivity index (χ0v) is 16.9. The first-order valence-corrected chi connectivity index (χ1v) is 9.55. The van der Waals surface area contributed by atoms with Crippen LogP contribution in [0, 0.1) is 0 Å². The van der Waals surface area contributed by atoms with Crippen molar-refractivity contribution in [3.8, 4) is 16.9 Å². The predicted molar refractivity (Wildman–Crippen MR) is 114 cm³/mol. The van der Waals surface area contributed by atoms with Gasteiger partial charge in [0.1, 0.15) is 5.75 Å². The molecule has 0 saturated heterocycles. The Morgan fingerprint density at radius 3 is 2.20 bits per heavy atom. The van der Waals surface area contributed by atoms with Gasteiger partial charge in [0.05, 0.1) is 11.1 Å². The van der Waals surface area contributed by atoms with Crippen LogP contribution in [0.5, 0.6) is 5.75 Å². The lowest BCUT2D eigenvalue weighted by Gasteiger charge is -2.11. The number of carbonyl (C=O) groups is 2. The van der Waals surface area contributed by atoms with Crippen molar-refractivity contribution >= 4 is 23.5 Å². The molecule has 3 aromatic carbocycles. The number of nitrogens with one attached hydrogen (secondary N) is 1. The molecule has 1 aliphatic rings. The van der Waals surface area contributed by atoms with Gasteiger partial charge in [-0.2, -0.15) is 0 Å². The van der Waals surface area contributed by atoms with E-state index in [0.29, 0.717) is 0 Å². The van der Waals surface area contributed by atoms with Gasteiger partial charge in [-0.3, -0.25) is 5.32 Å². The normalized spacial score (nSPS) is 14.1. The number of halogens is 1. The van der Waals surface area contributed by atoms with Crippen LogP contribution in [0.2, 0.25) is 5.02 Å². The van der Waals surface area contributed by atoms with Crippen LogP contribution in [0.4, 0.5) is 0 Å². The van der Waals surface area contributed by atoms with E-state index >= 15 is 0 Å². The van der Waals surface area contributed by atoms with Gasteiger partial charge >= 0.3 is 11.9 Å². The minimum Gasteiger partial charge on any atom is -0.478 e. The minimum atomic E-state index is -1.13. The summed E-state index contributed by atoms with van der Waals surface area (Å²) in [5.41, 5.74) is 3.40. The van der Waals surface area contributed by atoms with Gasteiger partial charge in [0, 0.05) is 17.0 Å². The lowest BCUT2D eigenvalue weighted by molar-refractivity contribution is 0.0696. The van der Waals surface area contributed by atoms with Crippen LogP contribution < -0.4 is 10.1 Å². The molecule has 6 nitrogen and oxygen atoms in total. The maximum absolute atomic E-state index is 10.4. The lowest BCUT2D eigenvalue weighted by Crippen LogP contribution is -2.29. The van der Waals surface area contributed by atoms with Gasteiger partial charge in [-0.1, -0.05) is 48.0 Å². The smallest absolute Gasteiger partial charge is 0.335 e. The summed E-state index contributed by atoms with van der Waals surface area (Å²) in [5.74, 6) is -1.28. The standard InChI is InChI=1S/C15H14ClNO.C8H6O4/c1-17-14-9-11-5-3-7-13(15(11)18-14)10-4-2-6-12(16)8-10;9-7(10)5-2-1-3-6(4-5)8(11)12/h2-8,14,17H,9H2,1H3;1-4H,(H,9,10)(H,11,12). The van der Waals surface area contributed by atoms with E-state index < -0.39 is 11.9 Å². The number of aromatic carboxylic acids is 2. The van der Waals surface area contributed by atoms with Crippen molar-refractivity contribution in [3.63, 3.8) is 0 Å². The summed E-state index contributed by atoms with van der Waals surface area (Å²) in [7, 11) is 1.91. The monoisotopic (exact) mass is 425 g/mol. The number of hydrogen-bond acceptors (Lipinski definition) is 4. The summed E-state index contributed by atoms with van der Waals surface area (Å²) in [6, 6.07) is 19.3. The molecule has 0 saturated carbocycles. The Bertz CT molecular complexity index is 1050. The quantitative estimate of drug-likeness (QED) is 0.566. The van der Waals surface area contributed by atoms with Crippen molar-refractivity contribution in [1.29, 1.82) is 0 Å². The van der Waals surface area contributed by atoms with E-state index in [2.05, 4.69) is 29.6 Å². The van der Waals surface area contributed by atoms with E-state index in [1.54, 1.807) is 0 Å². The van der Waals surface area contributed by atoms with Gasteiger partial charge in [-0.25, -0.2) is 9.59 Å². The van der Waals surface area contributed by atoms with Crippen LogP contribution in [-0.2, 0) is 6.42 Å². The van der Waals surface area contributed by atoms with Crippen molar-refractivity contribution in [1.82, 2.24) is 5.32 Å². The number of hydrogen-bond donors (Lipinski definition) is 3. The number of carboxylic acid groups (broad SMARTS) is 2. The average molecular weight is 426 g/mol. The molecule has 1 atom stereocenters. The molecule has 0 amide bonds. The van der Waals surface area contributed by atoms with Crippen LogP contribution in [-0.4, -0.2) is 35.4 Å². The average Bonchev–Trinajstić information content (AvgIpc) is 3.18. The van der Waals surface area contributed by atoms with Crippen LogP contribution in [0.15, 0.2) is 66.7 Å². The molecule has 0 radical (unpaired) electrons. The molecular formula is C23H20ClNO5. The van der Waals surface area contributed by atoms with Crippen molar-refractivity contribution in [3.05, 3.63) is 88.4 Å². The van der Waals surface area contributed by atoms with Crippen molar-refractivity contribution in [2.45, 2.75) is 12.6 Å². The van der Waals surface area contributed by atoms with E-state index in [-0.39, 0.29) is 17.4 Å². The second kappa shape index (κ2) is 9.43. The number of rotatable bonds is 4. The molecule has 0 spiro atoms. The summed E-state index contributed by atoms with van der Waals surface area (Å²) < 4.78 is 5.93. The van der Waals surface area contributed by atoms with Gasteiger partial charge in [-0.05, 0) is 48.5 Å². The molecule has 0 aromatic heterocycles. The van der Waals surface area contributed by atoms with Gasteiger partial charge in [0.15, 0.2) is 6.23 Å². The summed E-state index contributed by atoms with van der Waals surface area (Å²) in [6.07, 6.45) is 0.973. The number of carboxylic acids is 2. The van der Waals surface area contributed by atoms with Gasteiger partial charge in [0.2, 0.25) is 0 Å². The Hall–Kier alpha value is -3.35. The highest BCUT2D eigenvalue weighted by molar-refractivity contribution is 6.30. The molecule has 7 heteroatoms. The zero-order valence-electron chi connectivity index (χ0n) is 16.1. The number of benzene rings is 3. The minimum absolute atomic E-state index is 0.0186. The maximum atomic E-state index is 10.4. The number of fused-ring (bicyclic) bond motifs is 1. The van der Waals surface area contributed by atoms with Crippen LogP contribution in [0.3, 0.4) is 0 Å². The third kappa shape index (κ3) is 4.97. The summed E-state index contributed by atoms with van der Waals surface area (Å²) in [4.78, 5) is 20.8. The number of para-hydroxylation sites is 1. The van der Waals surface area contributed by atoms with Crippen molar-refractivity contribution < 1.29 is 24.5 Å². The van der Waals surface area contributed by atoms with E-state index in [1.165, 1.54) is 23.8 Å². The molecule has 1 heterocycles. The molecule has 154 valence electrons. The summed E-state index contributed by atoms with van der Waals surface area (Å²) >= 11 is 6.05. The van der Waals surface area contributed by atoms with E-state index in [0.717, 1.165) is 34.4 Å². The molecule has 30 heavy (non-hydrogen) atoms. The van der Waals surface area contributed by atoms with Crippen molar-refractivity contribution in [2.75, 3.05) is 7.05 Å². The Morgan fingerprint density at radius 1 is 0.967 bits per heavy atom. The Labute approximate surface area is 178 Å². The molecule has 0 bridgehead atoms. The second-order valence-corrected chi connectivity index (χ2v) is 7.03. The fourth-order valence-electron chi connectivity index (χ4n) is 3.10. The molecule has 3 aromatic rings. The highest BCUT2D eigenvalue weighted by Crippen LogP contribution is 2.38. The molecule has 1 aliphatic heterocycles. The van der Waals surface area contributed by atoms with E-state index in [4.69, 9.17) is 26.6 Å². The first-order chi connectivity index (χ1) is 14.4. The second-order valence-electron chi connectivity index (χ2n) is 6.59. The SMILES string of the molecule is CNC1Cc2cccc(-c3cccc(Cl)c3)c2O1.O=C(O)c1cccc(C(=O)O)c1. The topological polar surface area (TPSA) is 95.9 Å². The number of ether oxygens (including phenoxy) is 1. The fourth-order valence-corrected chi connectivity index (χ4v) is 3.29. The van der Waals surface area contributed by atoms with Crippen LogP contribution >= 0.6 is 11.6 Å². The summed E-state index contributed by atoms with van der Waals surface area (Å²) in [6.45, 7) is 0. The van der Waals surface area contributed by atoms with Crippen LogP contribution in [0.1, 0.15) is 26.3 Å². The third-order valence-electron chi connectivity index (χ3n) is 4.58. The highest BCUT2D eigenvalue weighted by Gasteiger charge is 2.24. The van der Waals surface area contributed by atoms with Gasteiger partial charge < -0.3 is 14.9 Å². The lowest BCUT2D eigenvalue weighted by atomic mass is 10.0. The van der Waals surface area contributed by atoms with Gasteiger partial charge in [0.25, 0.3) is 0 Å². The molecule has 3 N–H and O–H groups in total. The van der Waals surface area contributed by atoms with Crippen LogP contribution in [0.25, 0.3) is 11.1 Å².